The number of nitrogens with two attached hydrogens (primary N) is 1. The quantitative estimate of drug-likeness (QED) is 0.732. The van der Waals surface area contributed by atoms with Crippen molar-refractivity contribution in [3.05, 3.63) is 17.8 Å². The summed E-state index contributed by atoms with van der Waals surface area (Å²) in [7, 11) is 3.15. The highest BCUT2D eigenvalue weighted by Crippen LogP contribution is 2.51. The van der Waals surface area contributed by atoms with Crippen LogP contribution in [0.5, 0.6) is 11.6 Å². The SMILES string of the molecule is COCCOc1ncc(OC)cc1C1(C(N)=O)CC1. The molecule has 1 aromatic rings. The molecule has 0 atom stereocenters. The summed E-state index contributed by atoms with van der Waals surface area (Å²) in [5, 5.41) is 0. The zero-order chi connectivity index (χ0) is 13.9. The summed E-state index contributed by atoms with van der Waals surface area (Å²) in [6, 6.07) is 1.77. The largest absolute Gasteiger partial charge is 0.495 e. The van der Waals surface area contributed by atoms with Gasteiger partial charge in [0.15, 0.2) is 0 Å². The summed E-state index contributed by atoms with van der Waals surface area (Å²) >= 11 is 0. The van der Waals surface area contributed by atoms with Gasteiger partial charge in [-0.05, 0) is 18.9 Å². The Labute approximate surface area is 111 Å². The van der Waals surface area contributed by atoms with E-state index in [4.69, 9.17) is 19.9 Å². The highest BCUT2D eigenvalue weighted by Gasteiger charge is 2.52. The van der Waals surface area contributed by atoms with Gasteiger partial charge in [-0.2, -0.15) is 0 Å². The van der Waals surface area contributed by atoms with Crippen LogP contribution in [0, 0.1) is 0 Å². The molecule has 6 nitrogen and oxygen atoms in total. The fourth-order valence-corrected chi connectivity index (χ4v) is 2.00. The lowest BCUT2D eigenvalue weighted by Crippen LogP contribution is -2.29. The molecule has 2 rings (SSSR count). The number of hydrogen-bond acceptors (Lipinski definition) is 5. The van der Waals surface area contributed by atoms with Gasteiger partial charge in [0, 0.05) is 12.7 Å². The van der Waals surface area contributed by atoms with Gasteiger partial charge in [-0.25, -0.2) is 4.98 Å². The molecule has 0 radical (unpaired) electrons. The molecule has 1 fully saturated rings. The first-order valence-electron chi connectivity index (χ1n) is 6.10. The standard InChI is InChI=1S/C13H18N2O4/c1-17-5-6-19-11-10(7-9(18-2)8-15-11)13(3-4-13)12(14)16/h7-8H,3-6H2,1-2H3,(H2,14,16). The summed E-state index contributed by atoms with van der Waals surface area (Å²) in [5.41, 5.74) is 5.55. The number of nitrogens with zero attached hydrogens (tertiary/aromatic N) is 1. The minimum absolute atomic E-state index is 0.348. The van der Waals surface area contributed by atoms with E-state index >= 15 is 0 Å². The number of methoxy groups -OCH3 is 2. The highest BCUT2D eigenvalue weighted by molar-refractivity contribution is 5.90. The minimum atomic E-state index is -0.649. The number of primary amides is 1. The van der Waals surface area contributed by atoms with Crippen molar-refractivity contribution in [2.75, 3.05) is 27.4 Å². The normalized spacial score (nSPS) is 15.9. The Morgan fingerprint density at radius 1 is 1.42 bits per heavy atom. The molecule has 1 aliphatic carbocycles. The minimum Gasteiger partial charge on any atom is -0.495 e. The zero-order valence-corrected chi connectivity index (χ0v) is 11.1. The van der Waals surface area contributed by atoms with E-state index in [2.05, 4.69) is 4.98 Å². The summed E-state index contributed by atoms with van der Waals surface area (Å²) in [5.74, 6) is 0.662. The van der Waals surface area contributed by atoms with E-state index in [-0.39, 0.29) is 5.91 Å². The van der Waals surface area contributed by atoms with Crippen molar-refractivity contribution in [3.63, 3.8) is 0 Å². The maximum Gasteiger partial charge on any atom is 0.228 e. The molecule has 2 N–H and O–H groups in total. The number of hydrogen-bond donors (Lipinski definition) is 1. The van der Waals surface area contributed by atoms with Gasteiger partial charge in [0.25, 0.3) is 0 Å². The van der Waals surface area contributed by atoms with E-state index in [1.54, 1.807) is 26.5 Å². The topological polar surface area (TPSA) is 83.7 Å². The van der Waals surface area contributed by atoms with Crippen molar-refractivity contribution in [1.82, 2.24) is 4.98 Å². The van der Waals surface area contributed by atoms with Gasteiger partial charge in [-0.1, -0.05) is 0 Å². The number of rotatable bonds is 7. The number of carbonyl (C=O) groups excluding carboxylic acids is 1. The molecule has 1 amide bonds. The summed E-state index contributed by atoms with van der Waals surface area (Å²) in [4.78, 5) is 15.8. The molecular formula is C13H18N2O4. The lowest BCUT2D eigenvalue weighted by Gasteiger charge is -2.16. The van der Waals surface area contributed by atoms with Crippen LogP contribution in [0.1, 0.15) is 18.4 Å². The van der Waals surface area contributed by atoms with E-state index in [0.29, 0.717) is 30.4 Å². The fourth-order valence-electron chi connectivity index (χ4n) is 2.00. The predicted octanol–water partition coefficient (Wildman–Crippen LogP) is 0.632. The molecule has 104 valence electrons. The molecule has 0 spiro atoms. The van der Waals surface area contributed by atoms with Gasteiger partial charge in [-0.3, -0.25) is 4.79 Å². The average Bonchev–Trinajstić information content (AvgIpc) is 3.21. The van der Waals surface area contributed by atoms with Crippen molar-refractivity contribution in [1.29, 1.82) is 0 Å². The smallest absolute Gasteiger partial charge is 0.228 e. The van der Waals surface area contributed by atoms with Crippen molar-refractivity contribution in [2.45, 2.75) is 18.3 Å². The van der Waals surface area contributed by atoms with E-state index in [9.17, 15) is 4.79 Å². The first-order chi connectivity index (χ1) is 9.14. The number of aromatic nitrogens is 1. The molecule has 1 heterocycles. The second-order valence-electron chi connectivity index (χ2n) is 4.52. The van der Waals surface area contributed by atoms with Crippen LogP contribution < -0.4 is 15.2 Å². The first kappa shape index (κ1) is 13.6. The molecule has 0 saturated heterocycles. The van der Waals surface area contributed by atoms with Crippen LogP contribution in [0.25, 0.3) is 0 Å². The summed E-state index contributed by atoms with van der Waals surface area (Å²) in [6.45, 7) is 0.828. The molecular weight excluding hydrogens is 248 g/mol. The van der Waals surface area contributed by atoms with Crippen molar-refractivity contribution < 1.29 is 19.0 Å². The molecule has 1 saturated carbocycles. The van der Waals surface area contributed by atoms with Crippen molar-refractivity contribution in [3.8, 4) is 11.6 Å². The van der Waals surface area contributed by atoms with Gasteiger partial charge in [0.1, 0.15) is 12.4 Å². The molecule has 1 aliphatic rings. The second-order valence-corrected chi connectivity index (χ2v) is 4.52. The first-order valence-corrected chi connectivity index (χ1v) is 6.10. The van der Waals surface area contributed by atoms with Crippen LogP contribution in [0.3, 0.4) is 0 Å². The Kier molecular flexibility index (Phi) is 3.90. The Morgan fingerprint density at radius 3 is 2.68 bits per heavy atom. The van der Waals surface area contributed by atoms with E-state index in [1.807, 2.05) is 0 Å². The van der Waals surface area contributed by atoms with Gasteiger partial charge in [0.2, 0.25) is 11.8 Å². The average molecular weight is 266 g/mol. The van der Waals surface area contributed by atoms with Crippen LogP contribution >= 0.6 is 0 Å². The van der Waals surface area contributed by atoms with Crippen LogP contribution in [0.4, 0.5) is 0 Å². The van der Waals surface area contributed by atoms with Crippen molar-refractivity contribution >= 4 is 5.91 Å². The summed E-state index contributed by atoms with van der Waals surface area (Å²) in [6.07, 6.45) is 3.00. The third-order valence-electron chi connectivity index (χ3n) is 3.33. The van der Waals surface area contributed by atoms with Gasteiger partial charge < -0.3 is 19.9 Å². The molecule has 0 aliphatic heterocycles. The monoisotopic (exact) mass is 266 g/mol. The van der Waals surface area contributed by atoms with Gasteiger partial charge in [-0.15, -0.1) is 0 Å². The van der Waals surface area contributed by atoms with Crippen molar-refractivity contribution in [2.24, 2.45) is 5.73 Å². The van der Waals surface area contributed by atoms with Crippen LogP contribution in [-0.4, -0.2) is 38.3 Å². The fraction of sp³-hybridized carbons (Fsp3) is 0.538. The maximum atomic E-state index is 11.6. The van der Waals surface area contributed by atoms with E-state index < -0.39 is 5.41 Å². The maximum absolute atomic E-state index is 11.6. The van der Waals surface area contributed by atoms with Gasteiger partial charge in [0.05, 0.1) is 25.3 Å². The predicted molar refractivity (Wildman–Crippen MR) is 68.3 cm³/mol. The molecule has 6 heteroatoms. The van der Waals surface area contributed by atoms with Crippen LogP contribution in [0.2, 0.25) is 0 Å². The molecule has 0 bridgehead atoms. The Bertz CT molecular complexity index is 472. The Hall–Kier alpha value is -1.82. The third-order valence-corrected chi connectivity index (χ3v) is 3.33. The molecule has 0 aromatic carbocycles. The highest BCUT2D eigenvalue weighted by atomic mass is 16.5. The van der Waals surface area contributed by atoms with Crippen LogP contribution in [-0.2, 0) is 14.9 Å². The lowest BCUT2D eigenvalue weighted by atomic mass is 9.96. The summed E-state index contributed by atoms with van der Waals surface area (Å²) < 4.78 is 15.6. The molecule has 19 heavy (non-hydrogen) atoms. The Balaban J connectivity index is 2.29. The molecule has 1 aromatic heterocycles. The number of carbonyl (C=O) groups is 1. The number of amides is 1. The second kappa shape index (κ2) is 5.44. The Morgan fingerprint density at radius 2 is 2.16 bits per heavy atom. The zero-order valence-electron chi connectivity index (χ0n) is 11.1. The number of ether oxygens (including phenoxy) is 3. The van der Waals surface area contributed by atoms with E-state index in [0.717, 1.165) is 12.8 Å². The van der Waals surface area contributed by atoms with Crippen LogP contribution in [0.15, 0.2) is 12.3 Å². The third kappa shape index (κ3) is 2.63. The van der Waals surface area contributed by atoms with Gasteiger partial charge >= 0.3 is 0 Å². The lowest BCUT2D eigenvalue weighted by molar-refractivity contribution is -0.120. The van der Waals surface area contributed by atoms with E-state index in [1.165, 1.54) is 0 Å². The molecule has 0 unspecified atom stereocenters. The number of pyridine rings is 1.